The van der Waals surface area contributed by atoms with E-state index < -0.39 is 0 Å². The molecule has 10 heteroatoms. The van der Waals surface area contributed by atoms with Crippen LogP contribution in [0.4, 0.5) is 10.8 Å². The molecule has 0 spiro atoms. The number of nitrogens with zero attached hydrogens (tertiary/aromatic N) is 3. The molecule has 0 saturated carbocycles. The highest BCUT2D eigenvalue weighted by molar-refractivity contribution is 7.99. The van der Waals surface area contributed by atoms with E-state index in [2.05, 4.69) is 25.8 Å². The summed E-state index contributed by atoms with van der Waals surface area (Å²) in [5.41, 5.74) is 2.75. The first-order valence-corrected chi connectivity index (χ1v) is 11.2. The van der Waals surface area contributed by atoms with Crippen LogP contribution in [0, 0.1) is 0 Å². The summed E-state index contributed by atoms with van der Waals surface area (Å²) >= 11 is 2.56. The molecule has 8 nitrogen and oxygen atoms in total. The van der Waals surface area contributed by atoms with Gasteiger partial charge in [-0.05, 0) is 24.3 Å². The van der Waals surface area contributed by atoms with Crippen LogP contribution in [0.1, 0.15) is 5.89 Å². The van der Waals surface area contributed by atoms with Crippen LogP contribution in [-0.2, 0) is 11.3 Å². The van der Waals surface area contributed by atoms with Gasteiger partial charge in [-0.3, -0.25) is 4.79 Å². The van der Waals surface area contributed by atoms with E-state index in [1.165, 1.54) is 23.1 Å². The summed E-state index contributed by atoms with van der Waals surface area (Å²) in [5, 5.41) is 16.8. The quantitative estimate of drug-likeness (QED) is 0.356. The molecule has 2 N–H and O–H groups in total. The monoisotopic (exact) mass is 453 g/mol. The van der Waals surface area contributed by atoms with Crippen molar-refractivity contribution in [2.45, 2.75) is 11.8 Å². The van der Waals surface area contributed by atoms with E-state index >= 15 is 0 Å². The Hall–Kier alpha value is -3.37. The van der Waals surface area contributed by atoms with Crippen LogP contribution < -0.4 is 15.4 Å². The molecule has 0 atom stereocenters. The van der Waals surface area contributed by atoms with E-state index in [0.717, 1.165) is 22.7 Å². The number of nitrogens with one attached hydrogen (secondary N) is 2. The first kappa shape index (κ1) is 20.9. The lowest BCUT2D eigenvalue weighted by atomic mass is 10.2. The second-order valence-corrected chi connectivity index (χ2v) is 8.07. The highest BCUT2D eigenvalue weighted by atomic mass is 32.2. The van der Waals surface area contributed by atoms with Crippen molar-refractivity contribution in [3.05, 3.63) is 65.9 Å². The molecule has 0 aliphatic heterocycles. The number of thiazole rings is 1. The summed E-state index contributed by atoms with van der Waals surface area (Å²) in [6, 6.07) is 17.3. The Morgan fingerprint density at radius 3 is 2.71 bits per heavy atom. The number of carbonyl (C=O) groups is 1. The van der Waals surface area contributed by atoms with E-state index in [1.54, 1.807) is 7.11 Å². The van der Waals surface area contributed by atoms with Gasteiger partial charge in [-0.25, -0.2) is 4.98 Å². The molecule has 0 radical (unpaired) electrons. The van der Waals surface area contributed by atoms with Gasteiger partial charge in [-0.2, -0.15) is 0 Å². The fraction of sp³-hybridized carbons (Fsp3) is 0.143. The summed E-state index contributed by atoms with van der Waals surface area (Å²) in [7, 11) is 1.62. The van der Waals surface area contributed by atoms with Gasteiger partial charge in [-0.15, -0.1) is 21.5 Å². The van der Waals surface area contributed by atoms with Gasteiger partial charge >= 0.3 is 0 Å². The van der Waals surface area contributed by atoms with Crippen LogP contribution in [-0.4, -0.2) is 34.0 Å². The molecule has 1 amide bonds. The van der Waals surface area contributed by atoms with Crippen LogP contribution in [0.3, 0.4) is 0 Å². The summed E-state index contributed by atoms with van der Waals surface area (Å²) in [6.07, 6.45) is 0. The predicted molar refractivity (Wildman–Crippen MR) is 122 cm³/mol. The maximum Gasteiger partial charge on any atom is 0.277 e. The first-order chi connectivity index (χ1) is 15.2. The van der Waals surface area contributed by atoms with Crippen molar-refractivity contribution in [1.82, 2.24) is 15.2 Å². The number of carbonyl (C=O) groups excluding carboxylic acids is 1. The van der Waals surface area contributed by atoms with Crippen molar-refractivity contribution < 1.29 is 13.9 Å². The number of benzene rings is 2. The number of methoxy groups -OCH3 is 1. The zero-order chi connectivity index (χ0) is 21.5. The summed E-state index contributed by atoms with van der Waals surface area (Å²) in [5.74, 6) is 1.18. The average molecular weight is 454 g/mol. The molecule has 158 valence electrons. The van der Waals surface area contributed by atoms with E-state index in [0.29, 0.717) is 22.8 Å². The molecule has 0 saturated heterocycles. The standard InChI is InChI=1S/C21H19N5O3S2/c1-28-16-9-7-15(8-10-16)22-11-19-25-26-21(29-19)31-13-18(27)24-20-23-17(12-30-20)14-5-3-2-4-6-14/h2-10,12,22H,11,13H2,1H3,(H,23,24,27). The summed E-state index contributed by atoms with van der Waals surface area (Å²) < 4.78 is 10.7. The largest absolute Gasteiger partial charge is 0.497 e. The highest BCUT2D eigenvalue weighted by Gasteiger charge is 2.12. The van der Waals surface area contributed by atoms with Crippen molar-refractivity contribution in [3.63, 3.8) is 0 Å². The Kier molecular flexibility index (Phi) is 6.80. The minimum absolute atomic E-state index is 0.147. The molecule has 0 bridgehead atoms. The molecule has 0 fully saturated rings. The molecule has 4 aromatic rings. The van der Waals surface area contributed by atoms with Crippen molar-refractivity contribution in [2.24, 2.45) is 0 Å². The Morgan fingerprint density at radius 2 is 1.94 bits per heavy atom. The zero-order valence-corrected chi connectivity index (χ0v) is 18.2. The Bertz CT molecular complexity index is 1130. The summed E-state index contributed by atoms with van der Waals surface area (Å²) in [4.78, 5) is 16.7. The molecular formula is C21H19N5O3S2. The van der Waals surface area contributed by atoms with Crippen LogP contribution >= 0.6 is 23.1 Å². The normalized spacial score (nSPS) is 10.6. The minimum Gasteiger partial charge on any atom is -0.497 e. The fourth-order valence-corrected chi connectivity index (χ4v) is 3.93. The van der Waals surface area contributed by atoms with Crippen molar-refractivity contribution in [2.75, 3.05) is 23.5 Å². The Balaban J connectivity index is 1.23. The molecule has 0 aliphatic carbocycles. The van der Waals surface area contributed by atoms with Gasteiger partial charge in [0.1, 0.15) is 5.75 Å². The molecule has 0 unspecified atom stereocenters. The number of hydrogen-bond donors (Lipinski definition) is 2. The lowest BCUT2D eigenvalue weighted by Crippen LogP contribution is -2.13. The number of rotatable bonds is 9. The van der Waals surface area contributed by atoms with Gasteiger partial charge in [0.05, 0.1) is 25.1 Å². The molecule has 31 heavy (non-hydrogen) atoms. The number of hydrogen-bond acceptors (Lipinski definition) is 9. The second-order valence-electron chi connectivity index (χ2n) is 6.28. The van der Waals surface area contributed by atoms with Crippen LogP contribution in [0.5, 0.6) is 5.75 Å². The topological polar surface area (TPSA) is 102 Å². The van der Waals surface area contributed by atoms with E-state index in [9.17, 15) is 4.79 Å². The number of ether oxygens (including phenoxy) is 1. The van der Waals surface area contributed by atoms with E-state index in [4.69, 9.17) is 9.15 Å². The van der Waals surface area contributed by atoms with Gasteiger partial charge in [0.15, 0.2) is 5.13 Å². The lowest BCUT2D eigenvalue weighted by molar-refractivity contribution is -0.113. The summed E-state index contributed by atoms with van der Waals surface area (Å²) in [6.45, 7) is 0.382. The van der Waals surface area contributed by atoms with Crippen LogP contribution in [0.15, 0.2) is 69.6 Å². The number of thioether (sulfide) groups is 1. The molecule has 2 heterocycles. The fourth-order valence-electron chi connectivity index (χ4n) is 2.61. The van der Waals surface area contributed by atoms with Crippen LogP contribution in [0.25, 0.3) is 11.3 Å². The maximum atomic E-state index is 12.2. The second kappa shape index (κ2) is 10.1. The van der Waals surface area contributed by atoms with Gasteiger partial charge in [0.2, 0.25) is 11.8 Å². The van der Waals surface area contributed by atoms with Gasteiger partial charge in [-0.1, -0.05) is 42.1 Å². The van der Waals surface area contributed by atoms with E-state index in [1.807, 2.05) is 60.0 Å². The maximum absolute atomic E-state index is 12.2. The molecular weight excluding hydrogens is 434 g/mol. The smallest absolute Gasteiger partial charge is 0.277 e. The van der Waals surface area contributed by atoms with Crippen molar-refractivity contribution >= 4 is 39.8 Å². The number of aromatic nitrogens is 3. The SMILES string of the molecule is COc1ccc(NCc2nnc(SCC(=O)Nc3nc(-c4ccccc4)cs3)o2)cc1. The average Bonchev–Trinajstić information content (AvgIpc) is 3.47. The van der Waals surface area contributed by atoms with Crippen molar-refractivity contribution in [1.29, 1.82) is 0 Å². The Morgan fingerprint density at radius 1 is 1.13 bits per heavy atom. The van der Waals surface area contributed by atoms with Crippen LogP contribution in [0.2, 0.25) is 0 Å². The van der Waals surface area contributed by atoms with Gasteiger partial charge in [0, 0.05) is 16.6 Å². The zero-order valence-electron chi connectivity index (χ0n) is 16.6. The number of anilines is 2. The third-order valence-corrected chi connectivity index (χ3v) is 5.71. The lowest BCUT2D eigenvalue weighted by Gasteiger charge is -2.04. The van der Waals surface area contributed by atoms with E-state index in [-0.39, 0.29) is 11.7 Å². The molecule has 4 rings (SSSR count). The molecule has 2 aromatic carbocycles. The number of amides is 1. The predicted octanol–water partition coefficient (Wildman–Crippen LogP) is 4.54. The van der Waals surface area contributed by atoms with Crippen molar-refractivity contribution in [3.8, 4) is 17.0 Å². The third kappa shape index (κ3) is 5.83. The molecule has 0 aliphatic rings. The van der Waals surface area contributed by atoms with Gasteiger partial charge in [0.25, 0.3) is 5.22 Å². The third-order valence-electron chi connectivity index (χ3n) is 4.13. The molecule has 2 aromatic heterocycles. The van der Waals surface area contributed by atoms with Gasteiger partial charge < -0.3 is 19.8 Å². The highest BCUT2D eigenvalue weighted by Crippen LogP contribution is 2.25. The first-order valence-electron chi connectivity index (χ1n) is 9.33. The minimum atomic E-state index is -0.185. The Labute approximate surface area is 187 Å².